The number of nitrogens with zero attached hydrogens (tertiary/aromatic N) is 4. The number of aromatic nitrogens is 3. The van der Waals surface area contributed by atoms with Gasteiger partial charge in [0.25, 0.3) is 5.91 Å². The molecule has 34 heavy (non-hydrogen) atoms. The van der Waals surface area contributed by atoms with Crippen molar-refractivity contribution >= 4 is 16.8 Å². The van der Waals surface area contributed by atoms with Crippen LogP contribution in [0.5, 0.6) is 17.4 Å². The predicted octanol–water partition coefficient (Wildman–Crippen LogP) is 3.95. The number of pyridine rings is 1. The van der Waals surface area contributed by atoms with Crippen molar-refractivity contribution in [2.24, 2.45) is 7.05 Å². The molecule has 0 spiro atoms. The molecule has 0 saturated carbocycles. The van der Waals surface area contributed by atoms with Crippen molar-refractivity contribution in [2.75, 3.05) is 27.3 Å². The van der Waals surface area contributed by atoms with Gasteiger partial charge in [-0.05, 0) is 36.4 Å². The Labute approximate surface area is 197 Å². The smallest absolute Gasteiger partial charge is 0.272 e. The number of likely N-dealkylation sites (tertiary alicyclic amines) is 1. The number of carbonyl (C=O) groups excluding carboxylic acids is 1. The Morgan fingerprint density at radius 2 is 1.88 bits per heavy atom. The Bertz CT molecular complexity index is 1350. The van der Waals surface area contributed by atoms with Gasteiger partial charge in [-0.1, -0.05) is 18.2 Å². The van der Waals surface area contributed by atoms with Crippen LogP contribution in [0.25, 0.3) is 22.2 Å². The van der Waals surface area contributed by atoms with Crippen LogP contribution in [0.4, 0.5) is 0 Å². The van der Waals surface area contributed by atoms with Crippen molar-refractivity contribution < 1.29 is 19.0 Å². The molecule has 4 aromatic rings. The molecule has 1 unspecified atom stereocenters. The molecule has 8 nitrogen and oxygen atoms in total. The van der Waals surface area contributed by atoms with E-state index in [4.69, 9.17) is 14.2 Å². The highest BCUT2D eigenvalue weighted by Gasteiger charge is 2.30. The second-order valence-electron chi connectivity index (χ2n) is 8.23. The van der Waals surface area contributed by atoms with Crippen molar-refractivity contribution in [3.63, 3.8) is 0 Å². The normalized spacial score (nSPS) is 15.5. The molecule has 1 aliphatic heterocycles. The van der Waals surface area contributed by atoms with Gasteiger partial charge >= 0.3 is 0 Å². The van der Waals surface area contributed by atoms with Gasteiger partial charge in [-0.3, -0.25) is 9.48 Å². The molecule has 2 aromatic carbocycles. The van der Waals surface area contributed by atoms with Crippen molar-refractivity contribution in [3.05, 3.63) is 66.4 Å². The third-order valence-electron chi connectivity index (χ3n) is 6.07. The lowest BCUT2D eigenvalue weighted by Gasteiger charge is -2.17. The van der Waals surface area contributed by atoms with Gasteiger partial charge < -0.3 is 19.1 Å². The van der Waals surface area contributed by atoms with Crippen molar-refractivity contribution in [3.8, 4) is 28.6 Å². The standard InChI is InChI=1S/C26H26N4O4/c1-29-23(15-22(28-29)20-14-18(32-2)9-10-24(20)33-3)26(31)30-13-12-19(16-30)34-25-11-8-17-6-4-5-7-21(17)27-25/h4-11,14-15,19H,12-13,16H2,1-3H3. The maximum Gasteiger partial charge on any atom is 0.272 e. The molecule has 8 heteroatoms. The molecule has 0 bridgehead atoms. The maximum atomic E-state index is 13.3. The molecule has 1 atom stereocenters. The van der Waals surface area contributed by atoms with Crippen LogP contribution in [0.2, 0.25) is 0 Å². The monoisotopic (exact) mass is 458 g/mol. The van der Waals surface area contributed by atoms with Gasteiger partial charge in [0, 0.05) is 37.0 Å². The van der Waals surface area contributed by atoms with Crippen LogP contribution < -0.4 is 14.2 Å². The SMILES string of the molecule is COc1ccc(OC)c(-c2cc(C(=O)N3CCC(Oc4ccc5ccccc5n4)C3)n(C)n2)c1. The molecule has 1 fully saturated rings. The van der Waals surface area contributed by atoms with Crippen LogP contribution in [0, 0.1) is 0 Å². The number of benzene rings is 2. The number of rotatable bonds is 6. The summed E-state index contributed by atoms with van der Waals surface area (Å²) in [6, 6.07) is 19.1. The summed E-state index contributed by atoms with van der Waals surface area (Å²) in [5, 5.41) is 5.63. The zero-order valence-corrected chi connectivity index (χ0v) is 19.4. The summed E-state index contributed by atoms with van der Waals surface area (Å²) < 4.78 is 18.5. The Balaban J connectivity index is 1.31. The third-order valence-corrected chi connectivity index (χ3v) is 6.07. The van der Waals surface area contributed by atoms with Gasteiger partial charge in [-0.2, -0.15) is 5.10 Å². The molecule has 1 aliphatic rings. The van der Waals surface area contributed by atoms with E-state index in [0.29, 0.717) is 41.9 Å². The highest BCUT2D eigenvalue weighted by atomic mass is 16.5. The average molecular weight is 459 g/mol. The lowest BCUT2D eigenvalue weighted by Crippen LogP contribution is -2.32. The van der Waals surface area contributed by atoms with Crippen LogP contribution >= 0.6 is 0 Å². The Morgan fingerprint density at radius 1 is 1.03 bits per heavy atom. The summed E-state index contributed by atoms with van der Waals surface area (Å²) in [5.41, 5.74) is 2.81. The number of hydrogen-bond acceptors (Lipinski definition) is 6. The fourth-order valence-corrected chi connectivity index (χ4v) is 4.27. The number of carbonyl (C=O) groups is 1. The highest BCUT2D eigenvalue weighted by molar-refractivity contribution is 5.94. The second kappa shape index (κ2) is 9.05. The summed E-state index contributed by atoms with van der Waals surface area (Å²) >= 11 is 0. The molecule has 2 aromatic heterocycles. The highest BCUT2D eigenvalue weighted by Crippen LogP contribution is 2.33. The number of amides is 1. The van der Waals surface area contributed by atoms with E-state index in [-0.39, 0.29) is 12.0 Å². The summed E-state index contributed by atoms with van der Waals surface area (Å²) in [6.45, 7) is 1.11. The van der Waals surface area contributed by atoms with Gasteiger partial charge in [-0.15, -0.1) is 0 Å². The van der Waals surface area contributed by atoms with E-state index in [0.717, 1.165) is 22.9 Å². The Morgan fingerprint density at radius 3 is 2.71 bits per heavy atom. The minimum Gasteiger partial charge on any atom is -0.497 e. The van der Waals surface area contributed by atoms with Crippen LogP contribution in [-0.4, -0.2) is 59.0 Å². The minimum absolute atomic E-state index is 0.0827. The first-order chi connectivity index (χ1) is 16.6. The maximum absolute atomic E-state index is 13.3. The first-order valence-electron chi connectivity index (χ1n) is 11.1. The summed E-state index contributed by atoms with van der Waals surface area (Å²) in [7, 11) is 4.99. The van der Waals surface area contributed by atoms with Gasteiger partial charge in [0.1, 0.15) is 23.3 Å². The fraction of sp³-hybridized carbons (Fsp3) is 0.269. The summed E-state index contributed by atoms with van der Waals surface area (Å²) in [4.78, 5) is 19.7. The third kappa shape index (κ3) is 4.14. The number of para-hydroxylation sites is 1. The molecule has 0 N–H and O–H groups in total. The summed E-state index contributed by atoms with van der Waals surface area (Å²) in [5.74, 6) is 1.85. The quantitative estimate of drug-likeness (QED) is 0.435. The topological polar surface area (TPSA) is 78.7 Å². The first-order valence-corrected chi connectivity index (χ1v) is 11.1. The molecule has 174 valence electrons. The lowest BCUT2D eigenvalue weighted by molar-refractivity contribution is 0.0760. The number of hydrogen-bond donors (Lipinski definition) is 0. The molecule has 5 rings (SSSR count). The van der Waals surface area contributed by atoms with E-state index >= 15 is 0 Å². The largest absolute Gasteiger partial charge is 0.497 e. The van der Waals surface area contributed by atoms with Gasteiger partial charge in [0.2, 0.25) is 5.88 Å². The fourth-order valence-electron chi connectivity index (χ4n) is 4.27. The molecule has 0 radical (unpaired) electrons. The van der Waals surface area contributed by atoms with Crippen LogP contribution in [0.15, 0.2) is 60.7 Å². The van der Waals surface area contributed by atoms with E-state index in [9.17, 15) is 4.79 Å². The van der Waals surface area contributed by atoms with E-state index in [2.05, 4.69) is 10.1 Å². The average Bonchev–Trinajstić information content (AvgIpc) is 3.49. The zero-order chi connectivity index (χ0) is 23.7. The molecule has 1 amide bonds. The van der Waals surface area contributed by atoms with E-state index in [1.165, 1.54) is 0 Å². The predicted molar refractivity (Wildman–Crippen MR) is 128 cm³/mol. The molecule has 3 heterocycles. The van der Waals surface area contributed by atoms with Crippen molar-refractivity contribution in [2.45, 2.75) is 12.5 Å². The van der Waals surface area contributed by atoms with Gasteiger partial charge in [0.05, 0.1) is 32.0 Å². The van der Waals surface area contributed by atoms with Crippen LogP contribution in [-0.2, 0) is 7.05 Å². The van der Waals surface area contributed by atoms with Crippen LogP contribution in [0.1, 0.15) is 16.9 Å². The molecule has 0 aliphatic carbocycles. The van der Waals surface area contributed by atoms with E-state index in [1.807, 2.05) is 54.6 Å². The number of ether oxygens (including phenoxy) is 3. The number of fused-ring (bicyclic) bond motifs is 1. The number of aryl methyl sites for hydroxylation is 1. The van der Waals surface area contributed by atoms with Crippen molar-refractivity contribution in [1.29, 1.82) is 0 Å². The molecule has 1 saturated heterocycles. The summed E-state index contributed by atoms with van der Waals surface area (Å²) in [6.07, 6.45) is 0.637. The number of methoxy groups -OCH3 is 2. The first kappa shape index (κ1) is 21.8. The van der Waals surface area contributed by atoms with E-state index in [1.54, 1.807) is 36.9 Å². The van der Waals surface area contributed by atoms with Crippen LogP contribution in [0.3, 0.4) is 0 Å². The Kier molecular flexibility index (Phi) is 5.79. The molecular weight excluding hydrogens is 432 g/mol. The van der Waals surface area contributed by atoms with E-state index < -0.39 is 0 Å². The second-order valence-corrected chi connectivity index (χ2v) is 8.23. The molecular formula is C26H26N4O4. The lowest BCUT2D eigenvalue weighted by atomic mass is 10.1. The Hall–Kier alpha value is -4.07. The van der Waals surface area contributed by atoms with Gasteiger partial charge in [-0.25, -0.2) is 4.98 Å². The van der Waals surface area contributed by atoms with Gasteiger partial charge in [0.15, 0.2) is 0 Å². The van der Waals surface area contributed by atoms with Crippen molar-refractivity contribution in [1.82, 2.24) is 19.7 Å². The zero-order valence-electron chi connectivity index (χ0n) is 19.4. The minimum atomic E-state index is -0.108.